The molecule has 1 aliphatic rings. The van der Waals surface area contributed by atoms with E-state index >= 15 is 0 Å². The third-order valence-corrected chi connectivity index (χ3v) is 3.06. The van der Waals surface area contributed by atoms with Crippen molar-refractivity contribution in [2.24, 2.45) is 0 Å². The molecule has 88 valence electrons. The van der Waals surface area contributed by atoms with Gasteiger partial charge >= 0.3 is 5.97 Å². The lowest BCUT2D eigenvalue weighted by molar-refractivity contribution is -0.136. The quantitative estimate of drug-likeness (QED) is 0.852. The summed E-state index contributed by atoms with van der Waals surface area (Å²) in [5.41, 5.74) is 0.810. The fraction of sp³-hybridized carbons (Fsp3) is 0.667. The number of carboxylic acid groups (broad SMARTS) is 1. The molecule has 0 radical (unpaired) electrons. The van der Waals surface area contributed by atoms with Gasteiger partial charge in [0.2, 0.25) is 0 Å². The third kappa shape index (κ3) is 2.10. The number of rotatable bonds is 4. The molecule has 0 saturated heterocycles. The molecule has 0 unspecified atom stereocenters. The summed E-state index contributed by atoms with van der Waals surface area (Å²) in [6, 6.07) is 0. The Bertz CT molecular complexity index is 391. The predicted molar refractivity (Wildman–Crippen MR) is 58.5 cm³/mol. The molecule has 0 aliphatic heterocycles. The molecular formula is C12H17NO3. The highest BCUT2D eigenvalue weighted by Crippen LogP contribution is 2.37. The minimum atomic E-state index is -0.863. The minimum absolute atomic E-state index is 0.0623. The second-order valence-electron chi connectivity index (χ2n) is 4.71. The molecule has 2 rings (SSSR count). The molecule has 16 heavy (non-hydrogen) atoms. The van der Waals surface area contributed by atoms with Crippen molar-refractivity contribution < 1.29 is 14.3 Å². The number of nitrogens with zero attached hydrogens (tertiary/aromatic N) is 1. The van der Waals surface area contributed by atoms with Gasteiger partial charge in [0, 0.05) is 5.92 Å². The van der Waals surface area contributed by atoms with Gasteiger partial charge in [0.1, 0.15) is 12.2 Å². The van der Waals surface area contributed by atoms with E-state index in [0.29, 0.717) is 11.7 Å². The Morgan fingerprint density at radius 1 is 1.56 bits per heavy atom. The Labute approximate surface area is 94.7 Å². The molecule has 1 N–H and O–H groups in total. The topological polar surface area (TPSA) is 63.3 Å². The smallest absolute Gasteiger partial charge is 0.311 e. The van der Waals surface area contributed by atoms with Gasteiger partial charge < -0.3 is 9.52 Å². The van der Waals surface area contributed by atoms with Crippen LogP contribution in [0.4, 0.5) is 0 Å². The standard InChI is InChI=1S/C12H17NO3/c1-7(2)11-9(6-10(14)15)16-12(13-11)8-4-3-5-8/h7-8H,3-6H2,1-2H3,(H,14,15). The summed E-state index contributed by atoms with van der Waals surface area (Å²) < 4.78 is 5.60. The van der Waals surface area contributed by atoms with Gasteiger partial charge in [-0.3, -0.25) is 4.79 Å². The van der Waals surface area contributed by atoms with Crippen LogP contribution in [-0.2, 0) is 11.2 Å². The average molecular weight is 223 g/mol. The summed E-state index contributed by atoms with van der Waals surface area (Å²) in [7, 11) is 0. The van der Waals surface area contributed by atoms with Crippen LogP contribution in [0.1, 0.15) is 62.3 Å². The van der Waals surface area contributed by atoms with Gasteiger partial charge in [-0.15, -0.1) is 0 Å². The van der Waals surface area contributed by atoms with Crippen molar-refractivity contribution in [3.8, 4) is 0 Å². The Hall–Kier alpha value is -1.32. The van der Waals surface area contributed by atoms with E-state index in [1.807, 2.05) is 13.8 Å². The van der Waals surface area contributed by atoms with Crippen molar-refractivity contribution in [3.63, 3.8) is 0 Å². The molecule has 1 aromatic heterocycles. The van der Waals surface area contributed by atoms with Crippen molar-refractivity contribution in [1.82, 2.24) is 4.98 Å². The molecular weight excluding hydrogens is 206 g/mol. The second kappa shape index (κ2) is 4.28. The van der Waals surface area contributed by atoms with E-state index in [4.69, 9.17) is 9.52 Å². The highest BCUT2D eigenvalue weighted by molar-refractivity contribution is 5.69. The van der Waals surface area contributed by atoms with Crippen LogP contribution in [0.25, 0.3) is 0 Å². The maximum Gasteiger partial charge on any atom is 0.311 e. The van der Waals surface area contributed by atoms with E-state index in [-0.39, 0.29) is 12.3 Å². The van der Waals surface area contributed by atoms with Gasteiger partial charge in [-0.25, -0.2) is 4.98 Å². The lowest BCUT2D eigenvalue weighted by Crippen LogP contribution is -2.09. The van der Waals surface area contributed by atoms with Crippen molar-refractivity contribution in [2.45, 2.75) is 51.4 Å². The van der Waals surface area contributed by atoms with E-state index in [1.165, 1.54) is 6.42 Å². The van der Waals surface area contributed by atoms with Gasteiger partial charge in [-0.1, -0.05) is 20.3 Å². The van der Waals surface area contributed by atoms with Crippen LogP contribution < -0.4 is 0 Å². The predicted octanol–water partition coefficient (Wildman–Crippen LogP) is 2.69. The van der Waals surface area contributed by atoms with Crippen molar-refractivity contribution in [3.05, 3.63) is 17.3 Å². The molecule has 0 atom stereocenters. The summed E-state index contributed by atoms with van der Waals surface area (Å²) in [5.74, 6) is 1.04. The Kier molecular flexibility index (Phi) is 2.99. The SMILES string of the molecule is CC(C)c1nc(C2CCC2)oc1CC(=O)O. The van der Waals surface area contributed by atoms with Gasteiger partial charge in [0.05, 0.1) is 5.69 Å². The summed E-state index contributed by atoms with van der Waals surface area (Å²) in [6.45, 7) is 4.02. The minimum Gasteiger partial charge on any atom is -0.481 e. The largest absolute Gasteiger partial charge is 0.481 e. The second-order valence-corrected chi connectivity index (χ2v) is 4.71. The number of oxazole rings is 1. The average Bonchev–Trinajstić information content (AvgIpc) is 2.44. The van der Waals surface area contributed by atoms with Gasteiger partial charge in [0.25, 0.3) is 0 Å². The zero-order valence-electron chi connectivity index (χ0n) is 9.69. The van der Waals surface area contributed by atoms with E-state index in [0.717, 1.165) is 24.4 Å². The van der Waals surface area contributed by atoms with Crippen LogP contribution in [0, 0.1) is 0 Å². The lowest BCUT2D eigenvalue weighted by Gasteiger charge is -2.21. The molecule has 0 amide bonds. The van der Waals surface area contributed by atoms with Crippen LogP contribution >= 0.6 is 0 Å². The fourth-order valence-corrected chi connectivity index (χ4v) is 1.93. The normalized spacial score (nSPS) is 16.4. The summed E-state index contributed by atoms with van der Waals surface area (Å²) in [4.78, 5) is 15.2. The number of aromatic nitrogens is 1. The molecule has 0 aromatic carbocycles. The van der Waals surface area contributed by atoms with Gasteiger partial charge in [0.15, 0.2) is 5.89 Å². The molecule has 0 bridgehead atoms. The Morgan fingerprint density at radius 2 is 2.25 bits per heavy atom. The number of hydrogen-bond donors (Lipinski definition) is 1. The molecule has 1 fully saturated rings. The van der Waals surface area contributed by atoms with E-state index in [2.05, 4.69) is 4.98 Å². The molecule has 1 heterocycles. The van der Waals surface area contributed by atoms with Crippen molar-refractivity contribution in [1.29, 1.82) is 0 Å². The Balaban J connectivity index is 2.25. The molecule has 4 heteroatoms. The molecule has 0 spiro atoms. The molecule has 1 aliphatic carbocycles. The molecule has 4 nitrogen and oxygen atoms in total. The van der Waals surface area contributed by atoms with E-state index in [9.17, 15) is 4.79 Å². The van der Waals surface area contributed by atoms with E-state index < -0.39 is 5.97 Å². The first-order chi connectivity index (χ1) is 7.58. The highest BCUT2D eigenvalue weighted by atomic mass is 16.4. The first-order valence-corrected chi connectivity index (χ1v) is 5.79. The summed E-state index contributed by atoms with van der Waals surface area (Å²) in [5, 5.41) is 8.80. The number of hydrogen-bond acceptors (Lipinski definition) is 3. The van der Waals surface area contributed by atoms with Crippen LogP contribution in [0.5, 0.6) is 0 Å². The maximum absolute atomic E-state index is 10.7. The monoisotopic (exact) mass is 223 g/mol. The number of carboxylic acids is 1. The first-order valence-electron chi connectivity index (χ1n) is 5.79. The van der Waals surface area contributed by atoms with Crippen LogP contribution in [0.15, 0.2) is 4.42 Å². The third-order valence-electron chi connectivity index (χ3n) is 3.06. The molecule has 1 saturated carbocycles. The van der Waals surface area contributed by atoms with Crippen LogP contribution in [0.3, 0.4) is 0 Å². The first kappa shape index (κ1) is 11.2. The zero-order valence-corrected chi connectivity index (χ0v) is 9.69. The maximum atomic E-state index is 10.7. The Morgan fingerprint density at radius 3 is 2.69 bits per heavy atom. The van der Waals surface area contributed by atoms with Crippen molar-refractivity contribution >= 4 is 5.97 Å². The number of aliphatic carboxylic acids is 1. The number of carbonyl (C=O) groups is 1. The highest BCUT2D eigenvalue weighted by Gasteiger charge is 2.27. The fourth-order valence-electron chi connectivity index (χ4n) is 1.93. The summed E-state index contributed by atoms with van der Waals surface area (Å²) >= 11 is 0. The zero-order chi connectivity index (χ0) is 11.7. The van der Waals surface area contributed by atoms with E-state index in [1.54, 1.807) is 0 Å². The van der Waals surface area contributed by atoms with Crippen molar-refractivity contribution in [2.75, 3.05) is 0 Å². The lowest BCUT2D eigenvalue weighted by atomic mass is 9.85. The van der Waals surface area contributed by atoms with Crippen LogP contribution in [0.2, 0.25) is 0 Å². The van der Waals surface area contributed by atoms with Gasteiger partial charge in [-0.05, 0) is 18.8 Å². The molecule has 1 aromatic rings. The van der Waals surface area contributed by atoms with Gasteiger partial charge in [-0.2, -0.15) is 0 Å². The van der Waals surface area contributed by atoms with Crippen LogP contribution in [-0.4, -0.2) is 16.1 Å². The summed E-state index contributed by atoms with van der Waals surface area (Å²) in [6.07, 6.45) is 3.39.